The van der Waals surface area contributed by atoms with Crippen LogP contribution >= 0.6 is 0 Å². The van der Waals surface area contributed by atoms with E-state index in [4.69, 9.17) is 4.98 Å². The van der Waals surface area contributed by atoms with E-state index in [1.54, 1.807) is 0 Å². The molecule has 1 amide bonds. The maximum Gasteiger partial charge on any atom is 0.234 e. The lowest BCUT2D eigenvalue weighted by Crippen LogP contribution is -2.37. The van der Waals surface area contributed by atoms with Gasteiger partial charge in [0.05, 0.1) is 17.3 Å². The van der Waals surface area contributed by atoms with Gasteiger partial charge in [0.25, 0.3) is 0 Å². The number of carbonyl (C=O) groups is 1. The van der Waals surface area contributed by atoms with E-state index >= 15 is 0 Å². The van der Waals surface area contributed by atoms with Crippen LogP contribution in [0, 0.1) is 0 Å². The molecule has 26 heavy (non-hydrogen) atoms. The molecule has 1 saturated carbocycles. The molecule has 0 bridgehead atoms. The van der Waals surface area contributed by atoms with E-state index in [0.717, 1.165) is 66.6 Å². The summed E-state index contributed by atoms with van der Waals surface area (Å²) in [5.41, 5.74) is 3.58. The third-order valence-corrected chi connectivity index (χ3v) is 5.83. The van der Waals surface area contributed by atoms with Gasteiger partial charge in [-0.05, 0) is 42.9 Å². The van der Waals surface area contributed by atoms with Gasteiger partial charge in [0.1, 0.15) is 0 Å². The number of pyridine rings is 1. The first-order valence-corrected chi connectivity index (χ1v) is 9.37. The van der Waals surface area contributed by atoms with Crippen LogP contribution < -0.4 is 0 Å². The number of nitrogens with zero attached hydrogens (tertiary/aromatic N) is 4. The number of hydrogen-bond acceptors (Lipinski definition) is 3. The minimum absolute atomic E-state index is 0.267. The van der Waals surface area contributed by atoms with Gasteiger partial charge in [-0.1, -0.05) is 30.3 Å². The molecule has 5 heteroatoms. The van der Waals surface area contributed by atoms with Crippen molar-refractivity contribution in [2.75, 3.05) is 13.1 Å². The van der Waals surface area contributed by atoms with E-state index in [2.05, 4.69) is 23.3 Å². The van der Waals surface area contributed by atoms with Crippen LogP contribution in [0.4, 0.5) is 0 Å². The van der Waals surface area contributed by atoms with E-state index in [-0.39, 0.29) is 5.91 Å². The molecule has 5 rings (SSSR count). The smallest absolute Gasteiger partial charge is 0.234 e. The van der Waals surface area contributed by atoms with Crippen LogP contribution in [-0.2, 0) is 17.3 Å². The molecule has 0 spiro atoms. The highest BCUT2D eigenvalue weighted by Crippen LogP contribution is 2.50. The maximum absolute atomic E-state index is 13.2. The van der Waals surface area contributed by atoms with Gasteiger partial charge < -0.3 is 4.90 Å². The molecule has 1 aliphatic carbocycles. The number of rotatable bonds is 3. The van der Waals surface area contributed by atoms with Gasteiger partial charge in [0.15, 0.2) is 5.65 Å². The third-order valence-electron chi connectivity index (χ3n) is 5.83. The molecule has 132 valence electrons. The Bertz CT molecular complexity index is 982. The lowest BCUT2D eigenvalue weighted by Gasteiger charge is -2.23. The van der Waals surface area contributed by atoms with E-state index in [1.807, 2.05) is 41.0 Å². The van der Waals surface area contributed by atoms with E-state index in [9.17, 15) is 4.79 Å². The SMILES string of the molecule is Cn1ncc2c(-c3ccccc3)cc(C3(C(=O)N4CCCC4)CC3)nc21. The molecule has 1 aliphatic heterocycles. The van der Waals surface area contributed by atoms with E-state index in [0.29, 0.717) is 0 Å². The van der Waals surface area contributed by atoms with Gasteiger partial charge >= 0.3 is 0 Å². The fourth-order valence-electron chi connectivity index (χ4n) is 4.14. The van der Waals surface area contributed by atoms with Crippen molar-refractivity contribution in [1.82, 2.24) is 19.7 Å². The molecule has 0 unspecified atom stereocenters. The highest BCUT2D eigenvalue weighted by molar-refractivity contribution is 5.96. The first-order valence-electron chi connectivity index (χ1n) is 9.37. The Labute approximate surface area is 152 Å². The predicted molar refractivity (Wildman–Crippen MR) is 101 cm³/mol. The fraction of sp³-hybridized carbons (Fsp3) is 0.381. The van der Waals surface area contributed by atoms with Crippen molar-refractivity contribution in [3.8, 4) is 11.1 Å². The Morgan fingerprint density at radius 1 is 1.12 bits per heavy atom. The quantitative estimate of drug-likeness (QED) is 0.731. The summed E-state index contributed by atoms with van der Waals surface area (Å²) >= 11 is 0. The van der Waals surface area contributed by atoms with Crippen LogP contribution in [0.25, 0.3) is 22.2 Å². The largest absolute Gasteiger partial charge is 0.342 e. The molecule has 0 N–H and O–H groups in total. The molecular formula is C21H22N4O. The maximum atomic E-state index is 13.2. The van der Waals surface area contributed by atoms with Crippen LogP contribution in [0.5, 0.6) is 0 Å². The highest BCUT2D eigenvalue weighted by Gasteiger charge is 2.54. The molecule has 3 aromatic rings. The summed E-state index contributed by atoms with van der Waals surface area (Å²) in [5.74, 6) is 0.267. The molecule has 0 radical (unpaired) electrons. The molecule has 1 saturated heterocycles. The minimum atomic E-state index is -0.424. The molecular weight excluding hydrogens is 324 g/mol. The van der Waals surface area contributed by atoms with Gasteiger partial charge in [-0.15, -0.1) is 0 Å². The van der Waals surface area contributed by atoms with Crippen molar-refractivity contribution in [2.45, 2.75) is 31.1 Å². The Morgan fingerprint density at radius 3 is 2.54 bits per heavy atom. The van der Waals surface area contributed by atoms with Crippen LogP contribution in [0.2, 0.25) is 0 Å². The number of fused-ring (bicyclic) bond motifs is 1. The summed E-state index contributed by atoms with van der Waals surface area (Å²) in [4.78, 5) is 20.1. The summed E-state index contributed by atoms with van der Waals surface area (Å²) in [5, 5.41) is 5.44. The lowest BCUT2D eigenvalue weighted by molar-refractivity contribution is -0.132. The number of aryl methyl sites for hydroxylation is 1. The monoisotopic (exact) mass is 346 g/mol. The van der Waals surface area contributed by atoms with Crippen LogP contribution in [0.1, 0.15) is 31.4 Å². The molecule has 2 aliphatic rings. The number of aromatic nitrogens is 3. The van der Waals surface area contributed by atoms with Crippen LogP contribution in [0.15, 0.2) is 42.6 Å². The Morgan fingerprint density at radius 2 is 1.85 bits per heavy atom. The number of likely N-dealkylation sites (tertiary alicyclic amines) is 1. The lowest BCUT2D eigenvalue weighted by atomic mass is 9.95. The second-order valence-electron chi connectivity index (χ2n) is 7.51. The first-order chi connectivity index (χ1) is 12.7. The van der Waals surface area contributed by atoms with Gasteiger partial charge in [0, 0.05) is 25.5 Å². The average molecular weight is 346 g/mol. The molecule has 1 aromatic carbocycles. The zero-order valence-electron chi connectivity index (χ0n) is 15.0. The zero-order chi connectivity index (χ0) is 17.7. The van der Waals surface area contributed by atoms with E-state index < -0.39 is 5.41 Å². The standard InChI is InChI=1S/C21H22N4O/c1-24-19-17(14-22-24)16(15-7-3-2-4-8-15)13-18(23-19)21(9-10-21)20(26)25-11-5-6-12-25/h2-4,7-8,13-14H,5-6,9-12H2,1H3. The van der Waals surface area contributed by atoms with Crippen molar-refractivity contribution in [3.05, 3.63) is 48.3 Å². The van der Waals surface area contributed by atoms with Crippen molar-refractivity contribution < 1.29 is 4.79 Å². The Balaban J connectivity index is 1.67. The molecule has 3 heterocycles. The van der Waals surface area contributed by atoms with Crippen molar-refractivity contribution >= 4 is 16.9 Å². The van der Waals surface area contributed by atoms with Crippen LogP contribution in [-0.4, -0.2) is 38.7 Å². The van der Waals surface area contributed by atoms with Gasteiger partial charge in [0.2, 0.25) is 5.91 Å². The summed E-state index contributed by atoms with van der Waals surface area (Å²) in [6, 6.07) is 12.4. The predicted octanol–water partition coefficient (Wildman–Crippen LogP) is 3.29. The normalized spacial score (nSPS) is 18.4. The second-order valence-corrected chi connectivity index (χ2v) is 7.51. The summed E-state index contributed by atoms with van der Waals surface area (Å²) in [7, 11) is 1.91. The topological polar surface area (TPSA) is 51.0 Å². The molecule has 2 fully saturated rings. The Hall–Kier alpha value is -2.69. The average Bonchev–Trinajstić information content (AvgIpc) is 3.13. The highest BCUT2D eigenvalue weighted by atomic mass is 16.2. The number of hydrogen-bond donors (Lipinski definition) is 0. The first kappa shape index (κ1) is 15.6. The minimum Gasteiger partial charge on any atom is -0.342 e. The summed E-state index contributed by atoms with van der Waals surface area (Å²) in [6.45, 7) is 1.78. The zero-order valence-corrected chi connectivity index (χ0v) is 15.0. The van der Waals surface area contributed by atoms with Crippen molar-refractivity contribution in [1.29, 1.82) is 0 Å². The number of carbonyl (C=O) groups excluding carboxylic acids is 1. The van der Waals surface area contributed by atoms with E-state index in [1.165, 1.54) is 0 Å². The molecule has 5 nitrogen and oxygen atoms in total. The number of benzene rings is 1. The third kappa shape index (κ3) is 2.26. The van der Waals surface area contributed by atoms with Gasteiger partial charge in [-0.2, -0.15) is 5.10 Å². The summed E-state index contributed by atoms with van der Waals surface area (Å²) < 4.78 is 1.81. The second kappa shape index (κ2) is 5.66. The Kier molecular flexibility index (Phi) is 3.39. The van der Waals surface area contributed by atoms with Gasteiger partial charge in [-0.3, -0.25) is 9.48 Å². The molecule has 0 atom stereocenters. The van der Waals surface area contributed by atoms with Crippen molar-refractivity contribution in [3.63, 3.8) is 0 Å². The molecule has 2 aromatic heterocycles. The fourth-order valence-corrected chi connectivity index (χ4v) is 4.14. The van der Waals surface area contributed by atoms with Crippen molar-refractivity contribution in [2.24, 2.45) is 7.05 Å². The number of amides is 1. The van der Waals surface area contributed by atoms with Crippen LogP contribution in [0.3, 0.4) is 0 Å². The summed E-state index contributed by atoms with van der Waals surface area (Å²) in [6.07, 6.45) is 5.90. The van der Waals surface area contributed by atoms with Gasteiger partial charge in [-0.25, -0.2) is 4.98 Å².